The van der Waals surface area contributed by atoms with Crippen LogP contribution in [0, 0.1) is 0 Å². The number of thiophene rings is 1. The number of rotatable bonds is 2. The fraction of sp³-hybridized carbons (Fsp3) is 0.0556. The summed E-state index contributed by atoms with van der Waals surface area (Å²) in [6.45, 7) is 0. The van der Waals surface area contributed by atoms with E-state index in [0.717, 1.165) is 27.3 Å². The van der Waals surface area contributed by atoms with Gasteiger partial charge in [0.15, 0.2) is 0 Å². The first-order valence-electron chi connectivity index (χ1n) is 6.81. The molecule has 0 fully saturated rings. The van der Waals surface area contributed by atoms with E-state index in [0.29, 0.717) is 0 Å². The van der Waals surface area contributed by atoms with Gasteiger partial charge in [0.25, 0.3) is 0 Å². The lowest BCUT2D eigenvalue weighted by Gasteiger charge is -2.13. The van der Waals surface area contributed by atoms with Crippen molar-refractivity contribution in [3.63, 3.8) is 0 Å². The Balaban J connectivity index is 1.92. The summed E-state index contributed by atoms with van der Waals surface area (Å²) in [7, 11) is 0. The van der Waals surface area contributed by atoms with Gasteiger partial charge in [-0.15, -0.1) is 11.3 Å². The van der Waals surface area contributed by atoms with Gasteiger partial charge in [0.1, 0.15) is 6.10 Å². The fourth-order valence-corrected chi connectivity index (χ4v) is 3.72. The summed E-state index contributed by atoms with van der Waals surface area (Å²) in [5.74, 6) is 0. The van der Waals surface area contributed by atoms with E-state index in [1.807, 2.05) is 48.0 Å². The first kappa shape index (κ1) is 12.5. The number of aliphatic hydroxyl groups excluding tert-OH is 1. The number of pyridine rings is 1. The highest BCUT2D eigenvalue weighted by molar-refractivity contribution is 7.17. The highest BCUT2D eigenvalue weighted by atomic mass is 32.1. The maximum atomic E-state index is 10.8. The van der Waals surface area contributed by atoms with Crippen molar-refractivity contribution in [2.45, 2.75) is 6.10 Å². The third kappa shape index (κ3) is 2.02. The van der Waals surface area contributed by atoms with E-state index in [-0.39, 0.29) is 0 Å². The van der Waals surface area contributed by atoms with Crippen molar-refractivity contribution >= 4 is 32.2 Å². The Bertz CT molecular complexity index is 923. The van der Waals surface area contributed by atoms with Crippen molar-refractivity contribution in [3.05, 3.63) is 77.4 Å². The summed E-state index contributed by atoms with van der Waals surface area (Å²) < 4.78 is 1.19. The Kier molecular flexibility index (Phi) is 2.95. The zero-order chi connectivity index (χ0) is 14.2. The third-order valence-electron chi connectivity index (χ3n) is 3.80. The predicted molar refractivity (Wildman–Crippen MR) is 87.6 cm³/mol. The molecule has 0 bridgehead atoms. The van der Waals surface area contributed by atoms with Crippen molar-refractivity contribution < 1.29 is 5.11 Å². The van der Waals surface area contributed by atoms with Gasteiger partial charge in [0, 0.05) is 33.6 Å². The fourth-order valence-electron chi connectivity index (χ4n) is 2.74. The van der Waals surface area contributed by atoms with Crippen LogP contribution in [0.4, 0.5) is 0 Å². The molecule has 0 aliphatic rings. The third-order valence-corrected chi connectivity index (χ3v) is 4.78. The molecule has 0 saturated carbocycles. The molecule has 0 spiro atoms. The number of aliphatic hydroxyl groups is 1. The summed E-state index contributed by atoms with van der Waals surface area (Å²) in [5, 5.41) is 16.1. The molecule has 0 saturated heterocycles. The molecule has 2 aromatic heterocycles. The lowest BCUT2D eigenvalue weighted by molar-refractivity contribution is 0.223. The van der Waals surface area contributed by atoms with Gasteiger partial charge in [-0.3, -0.25) is 4.98 Å². The number of nitrogens with zero attached hydrogens (tertiary/aromatic N) is 1. The van der Waals surface area contributed by atoms with Crippen molar-refractivity contribution in [1.82, 2.24) is 4.98 Å². The zero-order valence-corrected chi connectivity index (χ0v) is 12.0. The Hall–Kier alpha value is -2.23. The topological polar surface area (TPSA) is 33.1 Å². The second-order valence-corrected chi connectivity index (χ2v) is 5.95. The standard InChI is InChI=1S/C18H13NOS/c20-18(16-11-21-17-8-4-3-7-14(16)17)15-10-19-9-12-5-1-2-6-13(12)15/h1-11,18,20H. The SMILES string of the molecule is OC(c1cncc2ccccc12)c1csc2ccccc12. The van der Waals surface area contributed by atoms with E-state index in [9.17, 15) is 5.11 Å². The van der Waals surface area contributed by atoms with Crippen LogP contribution in [0.15, 0.2) is 66.3 Å². The van der Waals surface area contributed by atoms with Crippen LogP contribution in [-0.4, -0.2) is 10.1 Å². The molecule has 21 heavy (non-hydrogen) atoms. The van der Waals surface area contributed by atoms with Crippen molar-refractivity contribution in [2.24, 2.45) is 0 Å². The minimum Gasteiger partial charge on any atom is -0.384 e. The molecule has 0 amide bonds. The van der Waals surface area contributed by atoms with Crippen LogP contribution in [0.3, 0.4) is 0 Å². The first-order chi connectivity index (χ1) is 10.3. The van der Waals surface area contributed by atoms with Crippen LogP contribution in [0.5, 0.6) is 0 Å². The van der Waals surface area contributed by atoms with Crippen LogP contribution in [0.1, 0.15) is 17.2 Å². The molecular formula is C18H13NOS. The summed E-state index contributed by atoms with van der Waals surface area (Å²) in [6, 6.07) is 16.2. The van der Waals surface area contributed by atoms with Crippen molar-refractivity contribution in [3.8, 4) is 0 Å². The Labute approximate surface area is 126 Å². The Morgan fingerprint density at radius 1 is 0.857 bits per heavy atom. The molecule has 1 N–H and O–H groups in total. The molecular weight excluding hydrogens is 278 g/mol. The number of hydrogen-bond donors (Lipinski definition) is 1. The maximum Gasteiger partial charge on any atom is 0.108 e. The average Bonchev–Trinajstić information content (AvgIpc) is 2.98. The second kappa shape index (κ2) is 4.95. The normalized spacial score (nSPS) is 12.8. The van der Waals surface area contributed by atoms with E-state index in [4.69, 9.17) is 0 Å². The lowest BCUT2D eigenvalue weighted by atomic mass is 9.98. The smallest absolute Gasteiger partial charge is 0.108 e. The van der Waals surface area contributed by atoms with Gasteiger partial charge < -0.3 is 5.11 Å². The highest BCUT2D eigenvalue weighted by Gasteiger charge is 2.17. The maximum absolute atomic E-state index is 10.8. The molecule has 2 aromatic carbocycles. The second-order valence-electron chi connectivity index (χ2n) is 5.04. The van der Waals surface area contributed by atoms with E-state index in [2.05, 4.69) is 17.1 Å². The minimum atomic E-state index is -0.653. The molecule has 0 radical (unpaired) electrons. The quantitative estimate of drug-likeness (QED) is 0.588. The average molecular weight is 291 g/mol. The van der Waals surface area contributed by atoms with Crippen LogP contribution in [0.25, 0.3) is 20.9 Å². The van der Waals surface area contributed by atoms with Crippen LogP contribution in [-0.2, 0) is 0 Å². The molecule has 2 nitrogen and oxygen atoms in total. The van der Waals surface area contributed by atoms with Gasteiger partial charge in [0.05, 0.1) is 0 Å². The number of fused-ring (bicyclic) bond motifs is 2. The van der Waals surface area contributed by atoms with E-state index in [1.54, 1.807) is 17.5 Å². The Morgan fingerprint density at radius 2 is 1.62 bits per heavy atom. The zero-order valence-electron chi connectivity index (χ0n) is 11.2. The molecule has 0 aliphatic carbocycles. The van der Waals surface area contributed by atoms with Crippen LogP contribution < -0.4 is 0 Å². The number of aromatic nitrogens is 1. The molecule has 1 atom stereocenters. The van der Waals surface area contributed by atoms with Gasteiger partial charge in [-0.1, -0.05) is 42.5 Å². The molecule has 0 aliphatic heterocycles. The first-order valence-corrected chi connectivity index (χ1v) is 7.69. The van der Waals surface area contributed by atoms with Crippen LogP contribution in [0.2, 0.25) is 0 Å². The minimum absolute atomic E-state index is 0.653. The highest BCUT2D eigenvalue weighted by Crippen LogP contribution is 2.35. The summed E-state index contributed by atoms with van der Waals surface area (Å²) >= 11 is 1.66. The van der Waals surface area contributed by atoms with Gasteiger partial charge in [-0.05, 0) is 22.2 Å². The summed E-state index contributed by atoms with van der Waals surface area (Å²) in [6.07, 6.45) is 2.94. The summed E-state index contributed by atoms with van der Waals surface area (Å²) in [4.78, 5) is 4.27. The van der Waals surface area contributed by atoms with Gasteiger partial charge in [-0.2, -0.15) is 0 Å². The molecule has 102 valence electrons. The van der Waals surface area contributed by atoms with Gasteiger partial charge >= 0.3 is 0 Å². The molecule has 3 heteroatoms. The van der Waals surface area contributed by atoms with Gasteiger partial charge in [0.2, 0.25) is 0 Å². The predicted octanol–water partition coefficient (Wildman–Crippen LogP) is 4.53. The Morgan fingerprint density at radius 3 is 2.52 bits per heavy atom. The number of benzene rings is 2. The van der Waals surface area contributed by atoms with E-state index in [1.165, 1.54) is 4.70 Å². The van der Waals surface area contributed by atoms with E-state index < -0.39 is 6.10 Å². The van der Waals surface area contributed by atoms with Crippen molar-refractivity contribution in [1.29, 1.82) is 0 Å². The molecule has 1 unspecified atom stereocenters. The number of hydrogen-bond acceptors (Lipinski definition) is 3. The molecule has 4 rings (SSSR count). The largest absolute Gasteiger partial charge is 0.384 e. The monoisotopic (exact) mass is 291 g/mol. The molecule has 4 aromatic rings. The van der Waals surface area contributed by atoms with Gasteiger partial charge in [-0.25, -0.2) is 0 Å². The molecule has 2 heterocycles. The summed E-state index contributed by atoms with van der Waals surface area (Å²) in [5.41, 5.74) is 1.81. The van der Waals surface area contributed by atoms with Crippen LogP contribution >= 0.6 is 11.3 Å². The lowest BCUT2D eigenvalue weighted by Crippen LogP contribution is -2.00. The van der Waals surface area contributed by atoms with E-state index >= 15 is 0 Å². The van der Waals surface area contributed by atoms with Crippen molar-refractivity contribution in [2.75, 3.05) is 0 Å².